The number of carbonyl (C=O) groups is 1. The maximum atomic E-state index is 12.4. The molecule has 0 unspecified atom stereocenters. The topological polar surface area (TPSA) is 34.1 Å². The predicted octanol–water partition coefficient (Wildman–Crippen LogP) is 3.48. The number of fused-ring (bicyclic) bond motifs is 2. The van der Waals surface area contributed by atoms with E-state index < -0.39 is 0 Å². The number of Topliss-reactive ketones (excluding diaryl/α,β-unsaturated/α-hetero) is 1. The summed E-state index contributed by atoms with van der Waals surface area (Å²) in [6, 6.07) is 3.96. The van der Waals surface area contributed by atoms with E-state index in [4.69, 9.17) is 0 Å². The molecule has 3 heteroatoms. The van der Waals surface area contributed by atoms with Gasteiger partial charge in [0, 0.05) is 22.1 Å². The van der Waals surface area contributed by atoms with Gasteiger partial charge >= 0.3 is 0 Å². The van der Waals surface area contributed by atoms with Crippen molar-refractivity contribution in [3.8, 4) is 0 Å². The number of hydrogen-bond acceptors (Lipinski definition) is 3. The van der Waals surface area contributed by atoms with Gasteiger partial charge in [-0.3, -0.25) is 9.59 Å². The average Bonchev–Trinajstić information content (AvgIpc) is 2.32. The molecule has 0 saturated carbocycles. The van der Waals surface area contributed by atoms with Crippen LogP contribution in [-0.4, -0.2) is 5.78 Å². The van der Waals surface area contributed by atoms with Crippen LogP contribution in [0, 0.1) is 13.8 Å². The zero-order valence-corrected chi connectivity index (χ0v) is 11.1. The van der Waals surface area contributed by atoms with Crippen molar-refractivity contribution in [3.05, 3.63) is 50.0 Å². The zero-order valence-electron chi connectivity index (χ0n) is 10.2. The van der Waals surface area contributed by atoms with Crippen molar-refractivity contribution in [2.24, 2.45) is 0 Å². The standard InChI is InChI=1S/C15H12O2S/c1-8-6-9(2)14-11(7-8)13(17)10-4-3-5-12(16)15(10)18-14/h3-4,6-7H,5H2,1-2H3. The van der Waals surface area contributed by atoms with Crippen LogP contribution in [0.15, 0.2) is 23.0 Å². The van der Waals surface area contributed by atoms with Gasteiger partial charge in [-0.05, 0) is 25.5 Å². The van der Waals surface area contributed by atoms with E-state index in [1.807, 2.05) is 26.0 Å². The summed E-state index contributed by atoms with van der Waals surface area (Å²) >= 11 is 1.45. The molecule has 0 aliphatic heterocycles. The molecule has 1 aromatic heterocycles. The normalized spacial score (nSPS) is 14.0. The first-order valence-electron chi connectivity index (χ1n) is 5.86. The van der Waals surface area contributed by atoms with Crippen LogP contribution < -0.4 is 5.43 Å². The van der Waals surface area contributed by atoms with E-state index in [1.165, 1.54) is 11.3 Å². The first-order valence-corrected chi connectivity index (χ1v) is 6.67. The molecular weight excluding hydrogens is 244 g/mol. The lowest BCUT2D eigenvalue weighted by Gasteiger charge is -2.11. The molecule has 1 aliphatic rings. The van der Waals surface area contributed by atoms with E-state index in [2.05, 4.69) is 0 Å². The summed E-state index contributed by atoms with van der Waals surface area (Å²) in [6.45, 7) is 3.97. The van der Waals surface area contributed by atoms with E-state index in [1.54, 1.807) is 12.2 Å². The molecule has 0 fully saturated rings. The number of aryl methyl sites for hydroxylation is 2. The molecule has 1 heterocycles. The quantitative estimate of drug-likeness (QED) is 0.723. The van der Waals surface area contributed by atoms with E-state index in [-0.39, 0.29) is 11.2 Å². The molecule has 90 valence electrons. The van der Waals surface area contributed by atoms with Crippen LogP contribution in [0.3, 0.4) is 0 Å². The average molecular weight is 256 g/mol. The second-order valence-electron chi connectivity index (χ2n) is 4.66. The van der Waals surface area contributed by atoms with Crippen molar-refractivity contribution in [3.63, 3.8) is 0 Å². The summed E-state index contributed by atoms with van der Waals surface area (Å²) in [5.41, 5.74) is 2.69. The Morgan fingerprint density at radius 3 is 2.72 bits per heavy atom. The minimum Gasteiger partial charge on any atom is -0.293 e. The molecule has 0 atom stereocenters. The molecule has 1 aromatic carbocycles. The van der Waals surface area contributed by atoms with Crippen LogP contribution in [0.4, 0.5) is 0 Å². The molecule has 1 aliphatic carbocycles. The number of carbonyl (C=O) groups excluding carboxylic acids is 1. The van der Waals surface area contributed by atoms with Crippen molar-refractivity contribution in [2.75, 3.05) is 0 Å². The Hall–Kier alpha value is -1.74. The molecule has 0 saturated heterocycles. The van der Waals surface area contributed by atoms with Gasteiger partial charge in [0.05, 0.1) is 4.88 Å². The first-order chi connectivity index (χ1) is 8.58. The summed E-state index contributed by atoms with van der Waals surface area (Å²) in [7, 11) is 0. The Balaban J connectivity index is 2.53. The minimum atomic E-state index is -0.0187. The number of hydrogen-bond donors (Lipinski definition) is 0. The van der Waals surface area contributed by atoms with Crippen LogP contribution in [-0.2, 0) is 0 Å². The Bertz CT molecular complexity index is 766. The van der Waals surface area contributed by atoms with Gasteiger partial charge < -0.3 is 0 Å². The lowest BCUT2D eigenvalue weighted by Crippen LogP contribution is -2.14. The smallest absolute Gasteiger partial charge is 0.196 e. The van der Waals surface area contributed by atoms with E-state index in [9.17, 15) is 9.59 Å². The third-order valence-electron chi connectivity index (χ3n) is 3.20. The summed E-state index contributed by atoms with van der Waals surface area (Å²) in [5.74, 6) is 0.0523. The molecule has 18 heavy (non-hydrogen) atoms. The monoisotopic (exact) mass is 256 g/mol. The predicted molar refractivity (Wildman–Crippen MR) is 75.6 cm³/mol. The van der Waals surface area contributed by atoms with Crippen molar-refractivity contribution in [1.29, 1.82) is 0 Å². The highest BCUT2D eigenvalue weighted by Crippen LogP contribution is 2.29. The molecule has 0 bridgehead atoms. The third-order valence-corrected chi connectivity index (χ3v) is 4.60. The Morgan fingerprint density at radius 1 is 1.17 bits per heavy atom. The van der Waals surface area contributed by atoms with E-state index in [0.717, 1.165) is 21.2 Å². The zero-order chi connectivity index (χ0) is 12.9. The molecule has 0 radical (unpaired) electrons. The highest BCUT2D eigenvalue weighted by Gasteiger charge is 2.19. The molecule has 0 N–H and O–H groups in total. The maximum Gasteiger partial charge on any atom is 0.196 e. The van der Waals surface area contributed by atoms with Crippen LogP contribution in [0.5, 0.6) is 0 Å². The second-order valence-corrected chi connectivity index (χ2v) is 5.68. The van der Waals surface area contributed by atoms with Crippen LogP contribution in [0.25, 0.3) is 16.2 Å². The van der Waals surface area contributed by atoms with Crippen molar-refractivity contribution < 1.29 is 4.79 Å². The molecule has 2 aromatic rings. The lowest BCUT2D eigenvalue weighted by molar-refractivity contribution is 0.0998. The summed E-state index contributed by atoms with van der Waals surface area (Å²) in [6.07, 6.45) is 3.96. The number of allylic oxidation sites excluding steroid dienone is 1. The van der Waals surface area contributed by atoms with Gasteiger partial charge in [-0.15, -0.1) is 11.3 Å². The summed E-state index contributed by atoms with van der Waals surface area (Å²) in [5, 5.41) is 0.732. The highest BCUT2D eigenvalue weighted by atomic mass is 32.1. The Kier molecular flexibility index (Phi) is 2.45. The molecular formula is C15H12O2S. The summed E-state index contributed by atoms with van der Waals surface area (Å²) < 4.78 is 0.938. The SMILES string of the molecule is Cc1cc(C)c2sc3c(c(=O)c2c1)C=CCC3=O. The van der Waals surface area contributed by atoms with E-state index in [0.29, 0.717) is 16.9 Å². The largest absolute Gasteiger partial charge is 0.293 e. The van der Waals surface area contributed by atoms with Gasteiger partial charge in [-0.25, -0.2) is 0 Å². The van der Waals surface area contributed by atoms with Gasteiger partial charge in [0.25, 0.3) is 0 Å². The fourth-order valence-corrected chi connectivity index (χ4v) is 3.55. The van der Waals surface area contributed by atoms with Crippen molar-refractivity contribution in [2.45, 2.75) is 20.3 Å². The molecule has 3 rings (SSSR count). The highest BCUT2D eigenvalue weighted by molar-refractivity contribution is 7.20. The van der Waals surface area contributed by atoms with Gasteiger partial charge in [-0.1, -0.05) is 23.8 Å². The van der Waals surface area contributed by atoms with Gasteiger partial charge in [0.1, 0.15) is 0 Å². The van der Waals surface area contributed by atoms with Crippen molar-refractivity contribution in [1.82, 2.24) is 0 Å². The third kappa shape index (κ3) is 1.55. The number of ketones is 1. The first kappa shape index (κ1) is 11.4. The minimum absolute atomic E-state index is 0.0187. The lowest BCUT2D eigenvalue weighted by atomic mass is 10.0. The van der Waals surface area contributed by atoms with Crippen molar-refractivity contribution >= 4 is 33.3 Å². The van der Waals surface area contributed by atoms with Gasteiger partial charge in [0.2, 0.25) is 0 Å². The van der Waals surface area contributed by atoms with Crippen LogP contribution >= 0.6 is 11.3 Å². The van der Waals surface area contributed by atoms with E-state index >= 15 is 0 Å². The molecule has 0 spiro atoms. The number of rotatable bonds is 0. The Morgan fingerprint density at radius 2 is 1.94 bits per heavy atom. The summed E-state index contributed by atoms with van der Waals surface area (Å²) in [4.78, 5) is 24.9. The molecule has 2 nitrogen and oxygen atoms in total. The van der Waals surface area contributed by atoms with Crippen LogP contribution in [0.2, 0.25) is 0 Å². The fraction of sp³-hybridized carbons (Fsp3) is 0.200. The second kappa shape index (κ2) is 3.89. The Labute approximate surface area is 109 Å². The fourth-order valence-electron chi connectivity index (χ4n) is 2.40. The molecule has 0 amide bonds. The van der Waals surface area contributed by atoms with Crippen LogP contribution in [0.1, 0.15) is 32.8 Å². The van der Waals surface area contributed by atoms with Gasteiger partial charge in [-0.2, -0.15) is 0 Å². The maximum absolute atomic E-state index is 12.4. The number of benzene rings is 1. The van der Waals surface area contributed by atoms with Gasteiger partial charge in [0.15, 0.2) is 11.2 Å².